The van der Waals surface area contributed by atoms with Gasteiger partial charge in [-0.15, -0.1) is 0 Å². The Labute approximate surface area is 203 Å². The standard InChI is InChI=1S/C26H25N3O2S2/c1-4-15-31-22-13-11-19(12-14-22)24-20(17-28(27-24)21-9-7-6-8-10-21)16-23-25(30)29(18(3)5-2)26(32)33-23/h4,6-14,16-18H,1,5,15H2,2-3H3. The number of rotatable bonds is 8. The van der Waals surface area contributed by atoms with Gasteiger partial charge in [-0.25, -0.2) is 4.68 Å². The molecule has 0 aliphatic carbocycles. The van der Waals surface area contributed by atoms with Crippen molar-refractivity contribution in [2.75, 3.05) is 6.61 Å². The highest BCUT2D eigenvalue weighted by atomic mass is 32.2. The Hall–Kier alpha value is -3.16. The number of carbonyl (C=O) groups is 1. The van der Waals surface area contributed by atoms with E-state index in [2.05, 4.69) is 13.5 Å². The van der Waals surface area contributed by atoms with Crippen molar-refractivity contribution in [3.8, 4) is 22.7 Å². The molecular weight excluding hydrogens is 450 g/mol. The molecule has 3 aromatic rings. The van der Waals surface area contributed by atoms with Gasteiger partial charge in [-0.05, 0) is 55.8 Å². The molecule has 5 nitrogen and oxygen atoms in total. The molecule has 1 aliphatic rings. The summed E-state index contributed by atoms with van der Waals surface area (Å²) in [6, 6.07) is 17.7. The fourth-order valence-electron chi connectivity index (χ4n) is 3.48. The highest BCUT2D eigenvalue weighted by Crippen LogP contribution is 2.36. The molecule has 7 heteroatoms. The molecule has 1 atom stereocenters. The molecule has 1 aliphatic heterocycles. The molecule has 0 bridgehead atoms. The van der Waals surface area contributed by atoms with E-state index in [0.717, 1.165) is 34.7 Å². The van der Waals surface area contributed by atoms with E-state index in [1.165, 1.54) is 11.8 Å². The van der Waals surface area contributed by atoms with Crippen molar-refractivity contribution in [2.45, 2.75) is 26.3 Å². The molecule has 1 amide bonds. The Bertz CT molecular complexity index is 1200. The predicted molar refractivity (Wildman–Crippen MR) is 139 cm³/mol. The van der Waals surface area contributed by atoms with E-state index in [0.29, 0.717) is 15.8 Å². The third-order valence-corrected chi connectivity index (χ3v) is 6.73. The van der Waals surface area contributed by atoms with E-state index in [-0.39, 0.29) is 11.9 Å². The summed E-state index contributed by atoms with van der Waals surface area (Å²) in [6.45, 7) is 8.20. The molecule has 2 aromatic carbocycles. The second kappa shape index (κ2) is 10.2. The lowest BCUT2D eigenvalue weighted by molar-refractivity contribution is -0.123. The quantitative estimate of drug-likeness (QED) is 0.224. The lowest BCUT2D eigenvalue weighted by Gasteiger charge is -2.21. The van der Waals surface area contributed by atoms with Crippen molar-refractivity contribution in [2.24, 2.45) is 0 Å². The van der Waals surface area contributed by atoms with Crippen LogP contribution in [0, 0.1) is 0 Å². The first-order valence-corrected chi connectivity index (χ1v) is 12.0. The number of para-hydroxylation sites is 1. The molecule has 0 spiro atoms. The number of nitrogens with zero attached hydrogens (tertiary/aromatic N) is 3. The van der Waals surface area contributed by atoms with Gasteiger partial charge >= 0.3 is 0 Å². The number of ether oxygens (including phenoxy) is 1. The summed E-state index contributed by atoms with van der Waals surface area (Å²) in [4.78, 5) is 15.4. The molecule has 1 aromatic heterocycles. The van der Waals surface area contributed by atoms with Crippen LogP contribution in [0.15, 0.2) is 78.4 Å². The fraction of sp³-hybridized carbons (Fsp3) is 0.192. The minimum absolute atomic E-state index is 0.0501. The molecule has 1 unspecified atom stereocenters. The molecule has 0 radical (unpaired) electrons. The number of aromatic nitrogens is 2. The third kappa shape index (κ3) is 4.94. The summed E-state index contributed by atoms with van der Waals surface area (Å²) in [7, 11) is 0. The summed E-state index contributed by atoms with van der Waals surface area (Å²) in [6.07, 6.45) is 6.40. The lowest BCUT2D eigenvalue weighted by Crippen LogP contribution is -2.36. The maximum atomic E-state index is 13.1. The fourth-order valence-corrected chi connectivity index (χ4v) is 4.93. The van der Waals surface area contributed by atoms with Gasteiger partial charge in [0.05, 0.1) is 16.3 Å². The largest absolute Gasteiger partial charge is 0.490 e. The Balaban J connectivity index is 1.75. The van der Waals surface area contributed by atoms with Crippen LogP contribution in [0.2, 0.25) is 0 Å². The van der Waals surface area contributed by atoms with E-state index < -0.39 is 0 Å². The van der Waals surface area contributed by atoms with Gasteiger partial charge in [0.1, 0.15) is 16.7 Å². The van der Waals surface area contributed by atoms with Crippen LogP contribution in [0.5, 0.6) is 5.75 Å². The predicted octanol–water partition coefficient (Wildman–Crippen LogP) is 6.10. The zero-order valence-electron chi connectivity index (χ0n) is 18.6. The molecule has 168 valence electrons. The van der Waals surface area contributed by atoms with Gasteiger partial charge in [-0.3, -0.25) is 9.69 Å². The minimum atomic E-state index is -0.0501. The Kier molecular flexibility index (Phi) is 7.11. The Morgan fingerprint density at radius 2 is 1.91 bits per heavy atom. The van der Waals surface area contributed by atoms with Gasteiger partial charge in [0, 0.05) is 23.4 Å². The second-order valence-electron chi connectivity index (χ2n) is 7.65. The van der Waals surface area contributed by atoms with E-state index >= 15 is 0 Å². The molecule has 0 N–H and O–H groups in total. The number of hydrogen-bond acceptors (Lipinski definition) is 5. The van der Waals surface area contributed by atoms with Crippen LogP contribution in [-0.4, -0.2) is 37.6 Å². The second-order valence-corrected chi connectivity index (χ2v) is 9.32. The van der Waals surface area contributed by atoms with Crippen molar-refractivity contribution in [3.63, 3.8) is 0 Å². The molecule has 1 fully saturated rings. The van der Waals surface area contributed by atoms with Gasteiger partial charge in [-0.1, -0.05) is 61.8 Å². The van der Waals surface area contributed by atoms with Crippen LogP contribution in [0.4, 0.5) is 0 Å². The van der Waals surface area contributed by atoms with Crippen LogP contribution in [0.25, 0.3) is 23.0 Å². The van der Waals surface area contributed by atoms with Gasteiger partial charge in [0.15, 0.2) is 0 Å². The number of carbonyl (C=O) groups excluding carboxylic acids is 1. The van der Waals surface area contributed by atoms with Gasteiger partial charge in [0.2, 0.25) is 0 Å². The van der Waals surface area contributed by atoms with Crippen molar-refractivity contribution < 1.29 is 9.53 Å². The lowest BCUT2D eigenvalue weighted by atomic mass is 10.1. The minimum Gasteiger partial charge on any atom is -0.490 e. The number of hydrogen-bond donors (Lipinski definition) is 0. The molecule has 33 heavy (non-hydrogen) atoms. The first-order valence-electron chi connectivity index (χ1n) is 10.8. The SMILES string of the molecule is C=CCOc1ccc(-c2nn(-c3ccccc3)cc2C=C2SC(=S)N(C(C)CC)C2=O)cc1. The highest BCUT2D eigenvalue weighted by molar-refractivity contribution is 8.26. The molecular formula is C26H25N3O2S2. The normalized spacial score (nSPS) is 15.8. The van der Waals surface area contributed by atoms with Gasteiger partial charge in [0.25, 0.3) is 5.91 Å². The number of benzene rings is 2. The van der Waals surface area contributed by atoms with Crippen molar-refractivity contribution >= 4 is 40.3 Å². The first-order chi connectivity index (χ1) is 16.0. The number of thioether (sulfide) groups is 1. The van der Waals surface area contributed by atoms with Crippen molar-refractivity contribution in [1.82, 2.24) is 14.7 Å². The topological polar surface area (TPSA) is 47.4 Å². The summed E-state index contributed by atoms with van der Waals surface area (Å²) >= 11 is 6.84. The zero-order chi connectivity index (χ0) is 23.4. The van der Waals surface area contributed by atoms with Gasteiger partial charge in [-0.2, -0.15) is 5.10 Å². The summed E-state index contributed by atoms with van der Waals surface area (Å²) in [5, 5.41) is 4.85. The van der Waals surface area contributed by atoms with Crippen LogP contribution in [0.1, 0.15) is 25.8 Å². The smallest absolute Gasteiger partial charge is 0.266 e. The highest BCUT2D eigenvalue weighted by Gasteiger charge is 2.35. The van der Waals surface area contributed by atoms with Gasteiger partial charge < -0.3 is 4.74 Å². The average molecular weight is 476 g/mol. The summed E-state index contributed by atoms with van der Waals surface area (Å²) in [5.74, 6) is 0.711. The Morgan fingerprint density at radius 3 is 2.58 bits per heavy atom. The summed E-state index contributed by atoms with van der Waals surface area (Å²) < 4.78 is 8.04. The zero-order valence-corrected chi connectivity index (χ0v) is 20.2. The maximum absolute atomic E-state index is 13.1. The molecule has 1 saturated heterocycles. The number of thiocarbonyl (C=S) groups is 1. The maximum Gasteiger partial charge on any atom is 0.266 e. The average Bonchev–Trinajstić information content (AvgIpc) is 3.38. The molecule has 0 saturated carbocycles. The molecule has 2 heterocycles. The first kappa shape index (κ1) is 23.0. The van der Waals surface area contributed by atoms with E-state index in [4.69, 9.17) is 22.1 Å². The summed E-state index contributed by atoms with van der Waals surface area (Å²) in [5.41, 5.74) is 3.50. The third-order valence-electron chi connectivity index (χ3n) is 5.40. The van der Waals surface area contributed by atoms with Crippen LogP contribution in [0.3, 0.4) is 0 Å². The van der Waals surface area contributed by atoms with Crippen molar-refractivity contribution in [1.29, 1.82) is 0 Å². The van der Waals surface area contributed by atoms with E-state index in [1.807, 2.05) is 78.5 Å². The van der Waals surface area contributed by atoms with Crippen LogP contribution < -0.4 is 4.74 Å². The molecule has 4 rings (SSSR count). The monoisotopic (exact) mass is 475 g/mol. The van der Waals surface area contributed by atoms with E-state index in [1.54, 1.807) is 11.0 Å². The van der Waals surface area contributed by atoms with Crippen LogP contribution in [-0.2, 0) is 4.79 Å². The van der Waals surface area contributed by atoms with E-state index in [9.17, 15) is 4.79 Å². The van der Waals surface area contributed by atoms with Crippen molar-refractivity contribution in [3.05, 3.63) is 83.9 Å². The van der Waals surface area contributed by atoms with Crippen LogP contribution >= 0.6 is 24.0 Å². The Morgan fingerprint density at radius 1 is 1.18 bits per heavy atom. The number of amides is 1.